The third-order valence-electron chi connectivity index (χ3n) is 4.21. The molecule has 2 unspecified atom stereocenters. The number of H-pyrrole nitrogens is 1. The predicted octanol–water partition coefficient (Wildman–Crippen LogP) is -1.10. The second-order valence-corrected chi connectivity index (χ2v) is 11.3. The Morgan fingerprint density at radius 2 is 1.97 bits per heavy atom. The average Bonchev–Trinajstić information content (AvgIpc) is 3.27. The molecule has 202 valence electrons. The quantitative estimate of drug-likeness (QED) is 0.0942. The Morgan fingerprint density at radius 1 is 1.28 bits per heavy atom. The van der Waals surface area contributed by atoms with Crippen molar-refractivity contribution in [1.29, 1.82) is 0 Å². The van der Waals surface area contributed by atoms with E-state index in [0.29, 0.717) is 0 Å². The molecule has 1 amide bonds. The van der Waals surface area contributed by atoms with Crippen molar-refractivity contribution in [2.45, 2.75) is 31.8 Å². The first-order valence-corrected chi connectivity index (χ1v) is 13.8. The molecule has 0 bridgehead atoms. The number of nitrogens with one attached hydrogen (secondary N) is 2. The molecular weight excluding hydrogens is 561 g/mol. The highest BCUT2D eigenvalue weighted by Gasteiger charge is 2.44. The minimum Gasteiger partial charge on any atom is -0.349 e. The van der Waals surface area contributed by atoms with Gasteiger partial charge in [-0.05, 0) is 0 Å². The van der Waals surface area contributed by atoms with Gasteiger partial charge in [-0.1, -0.05) is 0 Å². The Kier molecular flexibility index (Phi) is 8.61. The van der Waals surface area contributed by atoms with Gasteiger partial charge in [-0.2, -0.15) is 19.5 Å². The summed E-state index contributed by atoms with van der Waals surface area (Å²) < 4.78 is 52.9. The molecule has 1 aliphatic rings. The number of aromatic nitrogens is 4. The van der Waals surface area contributed by atoms with Crippen LogP contribution in [0.2, 0.25) is 0 Å². The summed E-state index contributed by atoms with van der Waals surface area (Å²) >= 11 is 0. The molecule has 3 rings (SSSR count). The van der Waals surface area contributed by atoms with Crippen LogP contribution in [0.5, 0.6) is 0 Å². The number of carbonyl (C=O) groups is 1. The fourth-order valence-corrected chi connectivity index (χ4v) is 6.06. The molecule has 2 aromatic rings. The van der Waals surface area contributed by atoms with E-state index in [-0.39, 0.29) is 23.5 Å². The highest BCUT2D eigenvalue weighted by atomic mass is 31.3. The number of aromatic amines is 1. The molecule has 5 atom stereocenters. The van der Waals surface area contributed by atoms with E-state index in [1.54, 1.807) is 0 Å². The highest BCUT2D eigenvalue weighted by Crippen LogP contribution is 2.66. The molecule has 8 N–H and O–H groups in total. The predicted molar refractivity (Wildman–Crippen MR) is 111 cm³/mol. The maximum absolute atomic E-state index is 12.2. The van der Waals surface area contributed by atoms with Crippen molar-refractivity contribution in [3.63, 3.8) is 0 Å². The number of fused-ring (bicyclic) bond motifs is 1. The number of phosphoric ester groups is 1. The Morgan fingerprint density at radius 3 is 2.58 bits per heavy atom. The summed E-state index contributed by atoms with van der Waals surface area (Å²) in [6.07, 6.45) is -2.28. The number of anilines is 1. The number of nitrogens with two attached hydrogens (primary N) is 1. The van der Waals surface area contributed by atoms with Crippen molar-refractivity contribution >= 4 is 46.5 Å². The lowest BCUT2D eigenvalue weighted by molar-refractivity contribution is -0.335. The van der Waals surface area contributed by atoms with E-state index in [4.69, 9.17) is 25.3 Å². The first-order valence-electron chi connectivity index (χ1n) is 9.29. The normalized spacial score (nSPS) is 23.9. The SMILES string of the molecule is CC(=O)Nc1nc2c(ncn2[C@H]2C[C@H](OON)[C@@H](COP(=O)(O)OP(=O)(O)OP(=O)(O)O)O2)c(=O)[nH]1. The largest absolute Gasteiger partial charge is 0.490 e. The zero-order valence-electron chi connectivity index (χ0n) is 17.8. The van der Waals surface area contributed by atoms with E-state index >= 15 is 0 Å². The molecule has 0 aromatic carbocycles. The lowest BCUT2D eigenvalue weighted by Gasteiger charge is -2.20. The van der Waals surface area contributed by atoms with E-state index in [9.17, 15) is 33.1 Å². The lowest BCUT2D eigenvalue weighted by atomic mass is 10.2. The van der Waals surface area contributed by atoms with Crippen LogP contribution in [0.25, 0.3) is 11.2 Å². The van der Waals surface area contributed by atoms with Crippen LogP contribution in [0.3, 0.4) is 0 Å². The third-order valence-corrected chi connectivity index (χ3v) is 8.02. The van der Waals surface area contributed by atoms with Crippen molar-refractivity contribution in [3.05, 3.63) is 16.7 Å². The highest BCUT2D eigenvalue weighted by molar-refractivity contribution is 7.66. The molecule has 24 heteroatoms. The fraction of sp³-hybridized carbons (Fsp3) is 0.500. The fourth-order valence-electron chi connectivity index (χ4n) is 3.03. The van der Waals surface area contributed by atoms with Crippen LogP contribution in [-0.2, 0) is 46.2 Å². The van der Waals surface area contributed by atoms with E-state index in [2.05, 4.69) is 38.4 Å². The molecule has 21 nitrogen and oxygen atoms in total. The van der Waals surface area contributed by atoms with Crippen LogP contribution in [-0.4, -0.2) is 63.8 Å². The Balaban J connectivity index is 1.77. The smallest absolute Gasteiger partial charge is 0.349 e. The van der Waals surface area contributed by atoms with Crippen LogP contribution >= 0.6 is 23.5 Å². The van der Waals surface area contributed by atoms with Gasteiger partial charge >= 0.3 is 23.5 Å². The summed E-state index contributed by atoms with van der Waals surface area (Å²) in [5, 5.41) is 2.31. The van der Waals surface area contributed by atoms with Crippen LogP contribution in [0.4, 0.5) is 5.95 Å². The van der Waals surface area contributed by atoms with Gasteiger partial charge in [0.05, 0.1) is 12.9 Å². The maximum atomic E-state index is 12.2. The van der Waals surface area contributed by atoms with E-state index in [1.165, 1.54) is 17.8 Å². The molecule has 1 fully saturated rings. The number of imidazole rings is 1. The molecule has 1 saturated heterocycles. The summed E-state index contributed by atoms with van der Waals surface area (Å²) in [7, 11) is -16.7. The monoisotopic (exact) mass is 580 g/mol. The van der Waals surface area contributed by atoms with Gasteiger partial charge in [0, 0.05) is 13.3 Å². The molecule has 0 aliphatic carbocycles. The van der Waals surface area contributed by atoms with Crippen molar-refractivity contribution in [3.8, 4) is 0 Å². The van der Waals surface area contributed by atoms with Gasteiger partial charge in [0.1, 0.15) is 18.4 Å². The molecule has 36 heavy (non-hydrogen) atoms. The number of hydrogen-bond donors (Lipinski definition) is 7. The summed E-state index contributed by atoms with van der Waals surface area (Å²) in [4.78, 5) is 78.8. The van der Waals surface area contributed by atoms with Gasteiger partial charge in [-0.15, -0.1) is 4.99 Å². The molecule has 2 aromatic heterocycles. The second kappa shape index (κ2) is 10.8. The zero-order valence-corrected chi connectivity index (χ0v) is 20.4. The molecular formula is C12H19N6O15P3. The zero-order chi connectivity index (χ0) is 26.9. The van der Waals surface area contributed by atoms with Crippen molar-refractivity contribution in [2.24, 2.45) is 5.90 Å². The lowest BCUT2D eigenvalue weighted by Crippen LogP contribution is -2.30. The van der Waals surface area contributed by atoms with Crippen molar-refractivity contribution in [2.75, 3.05) is 11.9 Å². The molecule has 0 saturated carbocycles. The maximum Gasteiger partial charge on any atom is 0.490 e. The second-order valence-electron chi connectivity index (χ2n) is 6.90. The van der Waals surface area contributed by atoms with Gasteiger partial charge in [-0.25, -0.2) is 23.6 Å². The number of nitrogens with zero attached hydrogens (tertiary/aromatic N) is 3. The summed E-state index contributed by atoms with van der Waals surface area (Å²) in [6, 6.07) is 0. The Bertz CT molecular complexity index is 1320. The minimum atomic E-state index is -5.72. The standard InChI is InChI=1S/C12H19N6O15P3/c1-5(19)15-12-16-10-9(11(20)17-12)14-4-18(10)8-2-6(30-31-13)7(29-8)3-28-35(24,25)33-36(26,27)32-34(21,22)23/h4,6-8H,2-3,13H2,1H3,(H,24,25)(H,26,27)(H2,21,22,23)(H2,15,16,17,19,20)/t6-,7+,8+/m0/s1. The van der Waals surface area contributed by atoms with Crippen molar-refractivity contribution in [1.82, 2.24) is 19.5 Å². The number of phosphoric acid groups is 3. The van der Waals surface area contributed by atoms with Crippen molar-refractivity contribution < 1.29 is 65.8 Å². The van der Waals surface area contributed by atoms with Crippen LogP contribution in [0.15, 0.2) is 11.1 Å². The van der Waals surface area contributed by atoms with Crippen LogP contribution in [0.1, 0.15) is 19.6 Å². The van der Waals surface area contributed by atoms with Gasteiger partial charge < -0.3 is 24.3 Å². The first-order chi connectivity index (χ1) is 16.6. The molecule has 0 radical (unpaired) electrons. The molecule has 3 heterocycles. The summed E-state index contributed by atoms with van der Waals surface area (Å²) in [6.45, 7) is 0.324. The molecule has 1 aliphatic heterocycles. The number of amides is 1. The first kappa shape index (κ1) is 28.6. The summed E-state index contributed by atoms with van der Waals surface area (Å²) in [5.74, 6) is 4.22. The average molecular weight is 580 g/mol. The summed E-state index contributed by atoms with van der Waals surface area (Å²) in [5.41, 5.74) is -0.812. The van der Waals surface area contributed by atoms with E-state index in [1.807, 2.05) is 0 Å². The van der Waals surface area contributed by atoms with E-state index < -0.39 is 60.0 Å². The topological polar surface area (TPSA) is 306 Å². The number of ether oxygens (including phenoxy) is 1. The van der Waals surface area contributed by atoms with Crippen LogP contribution in [0, 0.1) is 0 Å². The van der Waals surface area contributed by atoms with Crippen LogP contribution < -0.4 is 16.8 Å². The Hall–Kier alpha value is -1.93. The number of carbonyl (C=O) groups excluding carboxylic acids is 1. The van der Waals surface area contributed by atoms with Gasteiger partial charge in [-0.3, -0.25) is 29.0 Å². The number of rotatable bonds is 11. The Labute approximate surface area is 198 Å². The third kappa shape index (κ3) is 7.54. The number of hydrogen-bond acceptors (Lipinski definition) is 14. The van der Waals surface area contributed by atoms with Gasteiger partial charge in [0.15, 0.2) is 11.2 Å². The van der Waals surface area contributed by atoms with Gasteiger partial charge in [0.25, 0.3) is 5.56 Å². The van der Waals surface area contributed by atoms with E-state index in [0.717, 1.165) is 0 Å². The minimum absolute atomic E-state index is 0.0200. The van der Waals surface area contributed by atoms with Gasteiger partial charge in [0.2, 0.25) is 11.9 Å². The molecule has 0 spiro atoms.